The third kappa shape index (κ3) is 2.44. The van der Waals surface area contributed by atoms with E-state index in [2.05, 4.69) is 6.92 Å². The normalized spacial score (nSPS) is 29.0. The van der Waals surface area contributed by atoms with Gasteiger partial charge >= 0.3 is 0 Å². The van der Waals surface area contributed by atoms with Crippen LogP contribution < -0.4 is 0 Å². The lowest BCUT2D eigenvalue weighted by Gasteiger charge is -2.37. The molecule has 1 amide bonds. The predicted octanol–water partition coefficient (Wildman–Crippen LogP) is 1.42. The van der Waals surface area contributed by atoms with E-state index in [1.54, 1.807) is 7.11 Å². The average molecular weight is 185 g/mol. The molecule has 0 bridgehead atoms. The summed E-state index contributed by atoms with van der Waals surface area (Å²) in [4.78, 5) is 13.4. The fraction of sp³-hybridized carbons (Fsp3) is 0.900. The van der Waals surface area contributed by atoms with Crippen molar-refractivity contribution in [2.45, 2.75) is 45.3 Å². The molecule has 1 heterocycles. The molecule has 0 aliphatic carbocycles. The van der Waals surface area contributed by atoms with Crippen LogP contribution in [0.3, 0.4) is 0 Å². The SMILES string of the molecule is CCC(=O)N1CCC(OC)CC1C. The van der Waals surface area contributed by atoms with Crippen LogP contribution in [0, 0.1) is 0 Å². The third-order valence-electron chi connectivity index (χ3n) is 2.78. The summed E-state index contributed by atoms with van der Waals surface area (Å²) in [5.74, 6) is 0.266. The molecule has 0 saturated carbocycles. The number of carbonyl (C=O) groups is 1. The second-order valence-corrected chi connectivity index (χ2v) is 3.67. The Morgan fingerprint density at radius 2 is 2.31 bits per heavy atom. The first-order valence-corrected chi connectivity index (χ1v) is 5.01. The van der Waals surface area contributed by atoms with E-state index in [9.17, 15) is 4.79 Å². The van der Waals surface area contributed by atoms with Gasteiger partial charge in [-0.05, 0) is 19.8 Å². The molecule has 0 aromatic rings. The van der Waals surface area contributed by atoms with Crippen molar-refractivity contribution in [1.82, 2.24) is 4.90 Å². The fourth-order valence-corrected chi connectivity index (χ4v) is 1.92. The summed E-state index contributed by atoms with van der Waals surface area (Å²) in [6.45, 7) is 4.86. The minimum Gasteiger partial charge on any atom is -0.381 e. The van der Waals surface area contributed by atoms with E-state index in [4.69, 9.17) is 4.74 Å². The van der Waals surface area contributed by atoms with Crippen LogP contribution in [0.2, 0.25) is 0 Å². The van der Waals surface area contributed by atoms with Gasteiger partial charge in [0.2, 0.25) is 5.91 Å². The highest BCUT2D eigenvalue weighted by molar-refractivity contribution is 5.76. The van der Waals surface area contributed by atoms with Crippen LogP contribution in [-0.4, -0.2) is 36.6 Å². The van der Waals surface area contributed by atoms with Gasteiger partial charge in [0.25, 0.3) is 0 Å². The lowest BCUT2D eigenvalue weighted by Crippen LogP contribution is -2.46. The van der Waals surface area contributed by atoms with Gasteiger partial charge in [0, 0.05) is 26.1 Å². The maximum Gasteiger partial charge on any atom is 0.222 e. The molecule has 0 N–H and O–H groups in total. The monoisotopic (exact) mass is 185 g/mol. The van der Waals surface area contributed by atoms with Gasteiger partial charge in [0.05, 0.1) is 6.10 Å². The molecule has 0 radical (unpaired) electrons. The van der Waals surface area contributed by atoms with Gasteiger partial charge in [-0.2, -0.15) is 0 Å². The number of piperidine rings is 1. The number of carbonyl (C=O) groups excluding carboxylic acids is 1. The van der Waals surface area contributed by atoms with Gasteiger partial charge in [0.15, 0.2) is 0 Å². The zero-order chi connectivity index (χ0) is 9.84. The second-order valence-electron chi connectivity index (χ2n) is 3.67. The van der Waals surface area contributed by atoms with Crippen molar-refractivity contribution < 1.29 is 9.53 Å². The Morgan fingerprint density at radius 1 is 1.62 bits per heavy atom. The van der Waals surface area contributed by atoms with Crippen LogP contribution in [0.5, 0.6) is 0 Å². The fourth-order valence-electron chi connectivity index (χ4n) is 1.92. The number of ether oxygens (including phenoxy) is 1. The number of hydrogen-bond donors (Lipinski definition) is 0. The van der Waals surface area contributed by atoms with Crippen molar-refractivity contribution in [1.29, 1.82) is 0 Å². The standard InChI is InChI=1S/C10H19NO2/c1-4-10(12)11-6-5-9(13-3)7-8(11)2/h8-9H,4-7H2,1-3H3. The molecule has 0 aromatic heterocycles. The Hall–Kier alpha value is -0.570. The van der Waals surface area contributed by atoms with Crippen LogP contribution in [0.4, 0.5) is 0 Å². The molecule has 0 spiro atoms. The lowest BCUT2D eigenvalue weighted by molar-refractivity contribution is -0.136. The molecule has 1 aliphatic heterocycles. The summed E-state index contributed by atoms with van der Waals surface area (Å²) in [6.07, 6.45) is 2.91. The van der Waals surface area contributed by atoms with E-state index in [0.29, 0.717) is 18.6 Å². The van der Waals surface area contributed by atoms with E-state index >= 15 is 0 Å². The van der Waals surface area contributed by atoms with Crippen LogP contribution in [-0.2, 0) is 9.53 Å². The largest absolute Gasteiger partial charge is 0.381 e. The molecule has 1 rings (SSSR count). The Labute approximate surface area is 80.1 Å². The second kappa shape index (κ2) is 4.61. The first-order chi connectivity index (χ1) is 6.19. The molecule has 3 nitrogen and oxygen atoms in total. The maximum absolute atomic E-state index is 11.5. The first-order valence-electron chi connectivity index (χ1n) is 5.01. The number of amides is 1. The molecule has 0 aromatic carbocycles. The molecule has 1 saturated heterocycles. The summed E-state index contributed by atoms with van der Waals surface area (Å²) < 4.78 is 5.29. The molecule has 3 heteroatoms. The molecule has 13 heavy (non-hydrogen) atoms. The van der Waals surface area contributed by atoms with Gasteiger partial charge in [-0.1, -0.05) is 6.92 Å². The van der Waals surface area contributed by atoms with E-state index in [0.717, 1.165) is 19.4 Å². The topological polar surface area (TPSA) is 29.5 Å². The van der Waals surface area contributed by atoms with Crippen molar-refractivity contribution in [3.8, 4) is 0 Å². The van der Waals surface area contributed by atoms with E-state index in [1.165, 1.54) is 0 Å². The summed E-state index contributed by atoms with van der Waals surface area (Å²) in [5, 5.41) is 0. The maximum atomic E-state index is 11.5. The van der Waals surface area contributed by atoms with Crippen molar-refractivity contribution in [2.75, 3.05) is 13.7 Å². The van der Waals surface area contributed by atoms with Gasteiger partial charge in [-0.3, -0.25) is 4.79 Å². The minimum absolute atomic E-state index is 0.266. The van der Waals surface area contributed by atoms with Gasteiger partial charge < -0.3 is 9.64 Å². The molecule has 2 atom stereocenters. The first kappa shape index (κ1) is 10.5. The Balaban J connectivity index is 2.48. The summed E-state index contributed by atoms with van der Waals surface area (Å²) >= 11 is 0. The van der Waals surface area contributed by atoms with E-state index in [-0.39, 0.29) is 5.91 Å². The smallest absolute Gasteiger partial charge is 0.222 e. The number of rotatable bonds is 2. The Bertz CT molecular complexity index is 182. The molecule has 76 valence electrons. The number of methoxy groups -OCH3 is 1. The number of nitrogens with zero attached hydrogens (tertiary/aromatic N) is 1. The average Bonchev–Trinajstić information content (AvgIpc) is 2.16. The van der Waals surface area contributed by atoms with Crippen molar-refractivity contribution in [3.63, 3.8) is 0 Å². The quantitative estimate of drug-likeness (QED) is 0.651. The highest BCUT2D eigenvalue weighted by Crippen LogP contribution is 2.19. The number of likely N-dealkylation sites (tertiary alicyclic amines) is 1. The van der Waals surface area contributed by atoms with Crippen molar-refractivity contribution >= 4 is 5.91 Å². The molecule has 1 aliphatic rings. The highest BCUT2D eigenvalue weighted by Gasteiger charge is 2.27. The van der Waals surface area contributed by atoms with Gasteiger partial charge in [-0.25, -0.2) is 0 Å². The Kier molecular flexibility index (Phi) is 3.72. The van der Waals surface area contributed by atoms with Gasteiger partial charge in [-0.15, -0.1) is 0 Å². The highest BCUT2D eigenvalue weighted by atomic mass is 16.5. The predicted molar refractivity (Wildman–Crippen MR) is 51.5 cm³/mol. The molecular weight excluding hydrogens is 166 g/mol. The van der Waals surface area contributed by atoms with E-state index < -0.39 is 0 Å². The van der Waals surface area contributed by atoms with Gasteiger partial charge in [0.1, 0.15) is 0 Å². The van der Waals surface area contributed by atoms with Crippen LogP contribution in [0.1, 0.15) is 33.1 Å². The molecule has 2 unspecified atom stereocenters. The van der Waals surface area contributed by atoms with Crippen LogP contribution >= 0.6 is 0 Å². The summed E-state index contributed by atoms with van der Waals surface area (Å²) in [7, 11) is 1.74. The van der Waals surface area contributed by atoms with E-state index in [1.807, 2.05) is 11.8 Å². The van der Waals surface area contributed by atoms with Crippen LogP contribution in [0.15, 0.2) is 0 Å². The third-order valence-corrected chi connectivity index (χ3v) is 2.78. The molecular formula is C10H19NO2. The summed E-state index contributed by atoms with van der Waals surface area (Å²) in [6, 6.07) is 0.339. The zero-order valence-electron chi connectivity index (χ0n) is 8.75. The summed E-state index contributed by atoms with van der Waals surface area (Å²) in [5.41, 5.74) is 0. The minimum atomic E-state index is 0.266. The number of hydrogen-bond acceptors (Lipinski definition) is 2. The van der Waals surface area contributed by atoms with Crippen molar-refractivity contribution in [3.05, 3.63) is 0 Å². The van der Waals surface area contributed by atoms with Crippen molar-refractivity contribution in [2.24, 2.45) is 0 Å². The Morgan fingerprint density at radius 3 is 2.77 bits per heavy atom. The zero-order valence-corrected chi connectivity index (χ0v) is 8.75. The lowest BCUT2D eigenvalue weighted by atomic mass is 10.0. The van der Waals surface area contributed by atoms with Crippen LogP contribution in [0.25, 0.3) is 0 Å². The molecule has 1 fully saturated rings.